The van der Waals surface area contributed by atoms with Gasteiger partial charge in [-0.2, -0.15) is 0 Å². The van der Waals surface area contributed by atoms with Crippen molar-refractivity contribution in [2.45, 2.75) is 39.7 Å². The number of hydrogen-bond acceptors (Lipinski definition) is 2. The van der Waals surface area contributed by atoms with Crippen LogP contribution in [0.25, 0.3) is 0 Å². The first-order chi connectivity index (χ1) is 10.3. The summed E-state index contributed by atoms with van der Waals surface area (Å²) in [6.45, 7) is 9.03. The lowest BCUT2D eigenvalue weighted by Crippen LogP contribution is -2.37. The standard InChI is InChI=1S/C17H28N4/c1-3-18-17(19-4-2)20-14-15-10-6-7-11-16(15)21-12-8-5-9-13-21/h6-7,10-11H,3-5,8-9,12-14H2,1-2H3,(H2,18,19,20). The predicted molar refractivity (Wildman–Crippen MR) is 91.0 cm³/mol. The third-order valence-corrected chi connectivity index (χ3v) is 3.78. The zero-order valence-electron chi connectivity index (χ0n) is 13.4. The number of piperidine rings is 1. The molecule has 4 heteroatoms. The number of anilines is 1. The van der Waals surface area contributed by atoms with Gasteiger partial charge in [0.1, 0.15) is 0 Å². The van der Waals surface area contributed by atoms with Crippen molar-refractivity contribution in [1.29, 1.82) is 0 Å². The van der Waals surface area contributed by atoms with E-state index in [0.717, 1.165) is 25.6 Å². The molecule has 0 aliphatic carbocycles. The van der Waals surface area contributed by atoms with E-state index in [1.165, 1.54) is 43.6 Å². The summed E-state index contributed by atoms with van der Waals surface area (Å²) in [6, 6.07) is 8.67. The van der Waals surface area contributed by atoms with Crippen molar-refractivity contribution in [2.75, 3.05) is 31.1 Å². The van der Waals surface area contributed by atoms with Crippen LogP contribution in [0.5, 0.6) is 0 Å². The van der Waals surface area contributed by atoms with Crippen LogP contribution in [0.15, 0.2) is 29.3 Å². The molecule has 0 atom stereocenters. The summed E-state index contributed by atoms with van der Waals surface area (Å²) in [5, 5.41) is 6.56. The summed E-state index contributed by atoms with van der Waals surface area (Å²) in [5.74, 6) is 0.897. The molecule has 0 amide bonds. The van der Waals surface area contributed by atoms with Crippen molar-refractivity contribution in [1.82, 2.24) is 10.6 Å². The maximum Gasteiger partial charge on any atom is 0.191 e. The topological polar surface area (TPSA) is 39.7 Å². The van der Waals surface area contributed by atoms with Gasteiger partial charge in [-0.25, -0.2) is 4.99 Å². The Bertz CT molecular complexity index is 442. The lowest BCUT2D eigenvalue weighted by molar-refractivity contribution is 0.576. The fourth-order valence-corrected chi connectivity index (χ4v) is 2.76. The lowest BCUT2D eigenvalue weighted by atomic mass is 10.1. The number of nitrogens with one attached hydrogen (secondary N) is 2. The maximum absolute atomic E-state index is 4.70. The molecule has 21 heavy (non-hydrogen) atoms. The summed E-state index contributed by atoms with van der Waals surface area (Å²) in [4.78, 5) is 7.21. The Balaban J connectivity index is 2.09. The fourth-order valence-electron chi connectivity index (χ4n) is 2.76. The molecule has 1 heterocycles. The van der Waals surface area contributed by atoms with Crippen molar-refractivity contribution < 1.29 is 0 Å². The summed E-state index contributed by atoms with van der Waals surface area (Å²) in [5.41, 5.74) is 2.67. The van der Waals surface area contributed by atoms with E-state index < -0.39 is 0 Å². The van der Waals surface area contributed by atoms with Crippen LogP contribution in [0.2, 0.25) is 0 Å². The average Bonchev–Trinajstić information content (AvgIpc) is 2.54. The molecule has 116 valence electrons. The molecule has 1 aliphatic heterocycles. The molecule has 1 saturated heterocycles. The van der Waals surface area contributed by atoms with E-state index in [1.54, 1.807) is 0 Å². The molecular weight excluding hydrogens is 260 g/mol. The molecule has 1 fully saturated rings. The largest absolute Gasteiger partial charge is 0.371 e. The highest BCUT2D eigenvalue weighted by atomic mass is 15.2. The van der Waals surface area contributed by atoms with Crippen molar-refractivity contribution in [3.63, 3.8) is 0 Å². The molecule has 4 nitrogen and oxygen atoms in total. The van der Waals surface area contributed by atoms with Gasteiger partial charge in [-0.1, -0.05) is 18.2 Å². The van der Waals surface area contributed by atoms with E-state index in [1.807, 2.05) is 0 Å². The van der Waals surface area contributed by atoms with Gasteiger partial charge < -0.3 is 15.5 Å². The van der Waals surface area contributed by atoms with Gasteiger partial charge in [0.2, 0.25) is 0 Å². The highest BCUT2D eigenvalue weighted by molar-refractivity contribution is 5.79. The number of nitrogens with zero attached hydrogens (tertiary/aromatic N) is 2. The Kier molecular flexibility index (Phi) is 6.38. The van der Waals surface area contributed by atoms with Crippen LogP contribution in [0.3, 0.4) is 0 Å². The van der Waals surface area contributed by atoms with Crippen LogP contribution in [0.1, 0.15) is 38.7 Å². The Labute approximate surface area is 128 Å². The maximum atomic E-state index is 4.70. The Morgan fingerprint density at radius 2 is 1.71 bits per heavy atom. The Morgan fingerprint density at radius 1 is 1.05 bits per heavy atom. The lowest BCUT2D eigenvalue weighted by Gasteiger charge is -2.30. The summed E-state index contributed by atoms with van der Waals surface area (Å²) in [6.07, 6.45) is 3.97. The minimum absolute atomic E-state index is 0.724. The first-order valence-corrected chi connectivity index (χ1v) is 8.20. The fraction of sp³-hybridized carbons (Fsp3) is 0.588. The van der Waals surface area contributed by atoms with Gasteiger partial charge in [-0.15, -0.1) is 0 Å². The van der Waals surface area contributed by atoms with Crippen LogP contribution in [-0.2, 0) is 6.54 Å². The van der Waals surface area contributed by atoms with E-state index in [0.29, 0.717) is 0 Å². The molecule has 1 aromatic carbocycles. The molecule has 0 aromatic heterocycles. The number of para-hydroxylation sites is 1. The second-order valence-corrected chi connectivity index (χ2v) is 5.40. The van der Waals surface area contributed by atoms with Gasteiger partial charge in [-0.05, 0) is 44.7 Å². The number of guanidine groups is 1. The van der Waals surface area contributed by atoms with Gasteiger partial charge in [0.25, 0.3) is 0 Å². The minimum Gasteiger partial charge on any atom is -0.371 e. The van der Waals surface area contributed by atoms with E-state index in [9.17, 15) is 0 Å². The van der Waals surface area contributed by atoms with Crippen LogP contribution in [-0.4, -0.2) is 32.1 Å². The molecule has 0 spiro atoms. The van der Waals surface area contributed by atoms with E-state index >= 15 is 0 Å². The normalized spacial score (nSPS) is 14.7. The van der Waals surface area contributed by atoms with Crippen LogP contribution >= 0.6 is 0 Å². The smallest absolute Gasteiger partial charge is 0.191 e. The second-order valence-electron chi connectivity index (χ2n) is 5.40. The van der Waals surface area contributed by atoms with Crippen LogP contribution in [0.4, 0.5) is 5.69 Å². The third-order valence-electron chi connectivity index (χ3n) is 3.78. The van der Waals surface area contributed by atoms with Crippen LogP contribution < -0.4 is 15.5 Å². The molecule has 0 radical (unpaired) electrons. The first-order valence-electron chi connectivity index (χ1n) is 8.20. The molecule has 1 aliphatic rings. The molecule has 0 saturated carbocycles. The third kappa shape index (κ3) is 4.66. The Morgan fingerprint density at radius 3 is 2.38 bits per heavy atom. The van der Waals surface area contributed by atoms with Crippen molar-refractivity contribution in [3.05, 3.63) is 29.8 Å². The van der Waals surface area contributed by atoms with E-state index in [-0.39, 0.29) is 0 Å². The van der Waals surface area contributed by atoms with Gasteiger partial charge in [-0.3, -0.25) is 0 Å². The first kappa shape index (κ1) is 15.7. The molecule has 2 N–H and O–H groups in total. The summed E-state index contributed by atoms with van der Waals surface area (Å²) < 4.78 is 0. The monoisotopic (exact) mass is 288 g/mol. The quantitative estimate of drug-likeness (QED) is 0.646. The second kappa shape index (κ2) is 8.55. The number of aliphatic imine (C=N–C) groups is 1. The average molecular weight is 288 g/mol. The van der Waals surface area contributed by atoms with Gasteiger partial charge >= 0.3 is 0 Å². The predicted octanol–water partition coefficient (Wildman–Crippen LogP) is 2.75. The molecule has 0 bridgehead atoms. The number of benzene rings is 1. The summed E-state index contributed by atoms with van der Waals surface area (Å²) >= 11 is 0. The number of rotatable bonds is 5. The van der Waals surface area contributed by atoms with Gasteiger partial charge in [0.05, 0.1) is 6.54 Å². The molecule has 1 aromatic rings. The van der Waals surface area contributed by atoms with Crippen molar-refractivity contribution in [2.24, 2.45) is 4.99 Å². The molecule has 0 unspecified atom stereocenters. The SMILES string of the molecule is CCNC(=NCc1ccccc1N1CCCCC1)NCC. The van der Waals surface area contributed by atoms with Gasteiger partial charge in [0, 0.05) is 31.9 Å². The minimum atomic E-state index is 0.724. The zero-order valence-corrected chi connectivity index (χ0v) is 13.4. The van der Waals surface area contributed by atoms with Crippen LogP contribution in [0, 0.1) is 0 Å². The van der Waals surface area contributed by atoms with Crippen molar-refractivity contribution >= 4 is 11.6 Å². The molecular formula is C17H28N4. The summed E-state index contributed by atoms with van der Waals surface area (Å²) in [7, 11) is 0. The van der Waals surface area contributed by atoms with Crippen molar-refractivity contribution in [3.8, 4) is 0 Å². The van der Waals surface area contributed by atoms with E-state index in [4.69, 9.17) is 4.99 Å². The zero-order chi connectivity index (χ0) is 14.9. The highest BCUT2D eigenvalue weighted by Gasteiger charge is 2.13. The Hall–Kier alpha value is -1.71. The van der Waals surface area contributed by atoms with Gasteiger partial charge in [0.15, 0.2) is 5.96 Å². The van der Waals surface area contributed by atoms with E-state index in [2.05, 4.69) is 53.6 Å². The highest BCUT2D eigenvalue weighted by Crippen LogP contribution is 2.24. The molecule has 2 rings (SSSR count). The number of hydrogen-bond donors (Lipinski definition) is 2.